The highest BCUT2D eigenvalue weighted by Gasteiger charge is 2.12. The maximum absolute atomic E-state index is 12.0. The Morgan fingerprint density at radius 1 is 1.42 bits per heavy atom. The fourth-order valence-electron chi connectivity index (χ4n) is 1.85. The van der Waals surface area contributed by atoms with Crippen LogP contribution in [0.4, 0.5) is 5.13 Å². The topological polar surface area (TPSA) is 102 Å². The Morgan fingerprint density at radius 3 is 2.96 bits per heavy atom. The molecule has 0 spiro atoms. The first-order valence-corrected chi connectivity index (χ1v) is 8.99. The summed E-state index contributed by atoms with van der Waals surface area (Å²) in [6.45, 7) is 5.38. The highest BCUT2D eigenvalue weighted by Crippen LogP contribution is 2.28. The number of anilines is 1. The number of aryl methyl sites for hydroxylation is 1. The number of hydrogen-bond acceptors (Lipinski definition) is 8. The molecule has 8 nitrogen and oxygen atoms in total. The van der Waals surface area contributed by atoms with Crippen LogP contribution in [0.2, 0.25) is 0 Å². The molecular weight excluding hydrogens is 350 g/mol. The van der Waals surface area contributed by atoms with Crippen molar-refractivity contribution >= 4 is 39.8 Å². The standard InChI is InChI=1S/C14H15N5O3S2/c1-7(2)12(21)16-13-17-18-14(24-13)23-6-9-5-11(20)19-10(15-9)4-8(3)22-19/h4-5,7H,6H2,1-3H3,(H,16,17,21). The van der Waals surface area contributed by atoms with E-state index in [2.05, 4.69) is 20.5 Å². The number of nitrogens with zero attached hydrogens (tertiary/aromatic N) is 4. The van der Waals surface area contributed by atoms with Crippen LogP contribution in [0, 0.1) is 12.8 Å². The molecule has 0 aromatic carbocycles. The van der Waals surface area contributed by atoms with Gasteiger partial charge in [-0.1, -0.05) is 36.9 Å². The van der Waals surface area contributed by atoms with Crippen molar-refractivity contribution in [1.82, 2.24) is 19.8 Å². The molecule has 3 aromatic heterocycles. The van der Waals surface area contributed by atoms with Gasteiger partial charge in [-0.25, -0.2) is 4.98 Å². The Balaban J connectivity index is 1.69. The zero-order valence-corrected chi connectivity index (χ0v) is 14.9. The third-order valence-corrected chi connectivity index (χ3v) is 5.03. The van der Waals surface area contributed by atoms with Crippen LogP contribution in [0.15, 0.2) is 25.8 Å². The van der Waals surface area contributed by atoms with Crippen molar-refractivity contribution in [2.45, 2.75) is 30.9 Å². The number of thioether (sulfide) groups is 1. The van der Waals surface area contributed by atoms with Gasteiger partial charge in [0, 0.05) is 23.8 Å². The lowest BCUT2D eigenvalue weighted by atomic mass is 10.2. The molecule has 1 N–H and O–H groups in total. The van der Waals surface area contributed by atoms with Crippen molar-refractivity contribution in [2.75, 3.05) is 5.32 Å². The van der Waals surface area contributed by atoms with E-state index in [0.29, 0.717) is 32.3 Å². The van der Waals surface area contributed by atoms with Crippen molar-refractivity contribution in [1.29, 1.82) is 0 Å². The molecule has 24 heavy (non-hydrogen) atoms. The average Bonchev–Trinajstić information content (AvgIpc) is 3.11. The van der Waals surface area contributed by atoms with E-state index < -0.39 is 0 Å². The van der Waals surface area contributed by atoms with Crippen LogP contribution in [-0.2, 0) is 10.5 Å². The number of carbonyl (C=O) groups excluding carboxylic acids is 1. The molecule has 0 aliphatic heterocycles. The minimum atomic E-state index is -0.258. The molecule has 0 unspecified atom stereocenters. The molecule has 3 rings (SSSR count). The molecular formula is C14H15N5O3S2. The van der Waals surface area contributed by atoms with Crippen LogP contribution in [0.25, 0.3) is 5.65 Å². The van der Waals surface area contributed by atoms with Gasteiger partial charge in [0.25, 0.3) is 5.56 Å². The summed E-state index contributed by atoms with van der Waals surface area (Å²) in [5.41, 5.74) is 0.859. The van der Waals surface area contributed by atoms with Crippen molar-refractivity contribution in [3.63, 3.8) is 0 Å². The molecule has 10 heteroatoms. The summed E-state index contributed by atoms with van der Waals surface area (Å²) in [4.78, 5) is 28.0. The number of amides is 1. The van der Waals surface area contributed by atoms with Gasteiger partial charge >= 0.3 is 0 Å². The SMILES string of the molecule is Cc1cc2nc(CSc3nnc(NC(=O)C(C)C)s3)cc(=O)n2o1. The van der Waals surface area contributed by atoms with Crippen molar-refractivity contribution in [2.24, 2.45) is 5.92 Å². The lowest BCUT2D eigenvalue weighted by molar-refractivity contribution is -0.118. The highest BCUT2D eigenvalue weighted by atomic mass is 32.2. The Kier molecular flexibility index (Phi) is 4.67. The van der Waals surface area contributed by atoms with Crippen molar-refractivity contribution < 1.29 is 9.32 Å². The third-order valence-electron chi connectivity index (χ3n) is 3.03. The normalized spacial score (nSPS) is 11.3. The smallest absolute Gasteiger partial charge is 0.287 e. The van der Waals surface area contributed by atoms with Gasteiger partial charge in [0.1, 0.15) is 5.76 Å². The highest BCUT2D eigenvalue weighted by molar-refractivity contribution is 8.00. The van der Waals surface area contributed by atoms with Gasteiger partial charge in [-0.3, -0.25) is 9.59 Å². The zero-order valence-electron chi connectivity index (χ0n) is 13.3. The summed E-state index contributed by atoms with van der Waals surface area (Å²) in [6, 6.07) is 3.14. The second-order valence-corrected chi connectivity index (χ2v) is 7.59. The second-order valence-electron chi connectivity index (χ2n) is 5.39. The third kappa shape index (κ3) is 3.65. The van der Waals surface area contributed by atoms with Crippen LogP contribution in [0.3, 0.4) is 0 Å². The molecule has 126 valence electrons. The predicted octanol–water partition coefficient (Wildman–Crippen LogP) is 2.33. The zero-order chi connectivity index (χ0) is 17.3. The number of hydrogen-bond donors (Lipinski definition) is 1. The second kappa shape index (κ2) is 6.73. The first-order chi connectivity index (χ1) is 11.4. The Bertz CT molecular complexity index is 943. The summed E-state index contributed by atoms with van der Waals surface area (Å²) < 4.78 is 7.10. The Hall–Kier alpha value is -2.20. The van der Waals surface area contributed by atoms with Gasteiger partial charge in [-0.2, -0.15) is 0 Å². The molecule has 3 aromatic rings. The lowest BCUT2D eigenvalue weighted by Crippen LogP contribution is -2.17. The number of carbonyl (C=O) groups is 1. The predicted molar refractivity (Wildman–Crippen MR) is 91.4 cm³/mol. The van der Waals surface area contributed by atoms with Crippen molar-refractivity contribution in [3.05, 3.63) is 33.9 Å². The average molecular weight is 365 g/mol. The van der Waals surface area contributed by atoms with E-state index in [1.54, 1.807) is 13.0 Å². The minimum absolute atomic E-state index is 0.0989. The van der Waals surface area contributed by atoms with Crippen LogP contribution in [0.5, 0.6) is 0 Å². The number of rotatable bonds is 5. The lowest BCUT2D eigenvalue weighted by Gasteiger charge is -2.02. The molecule has 0 aliphatic rings. The van der Waals surface area contributed by atoms with E-state index in [0.717, 1.165) is 4.57 Å². The largest absolute Gasteiger partial charge is 0.375 e. The molecule has 3 heterocycles. The van der Waals surface area contributed by atoms with E-state index in [9.17, 15) is 9.59 Å². The van der Waals surface area contributed by atoms with E-state index in [1.807, 2.05) is 13.8 Å². The first-order valence-electron chi connectivity index (χ1n) is 7.19. The van der Waals surface area contributed by atoms with Gasteiger partial charge in [0.05, 0.1) is 5.69 Å². The number of aromatic nitrogens is 4. The van der Waals surface area contributed by atoms with Crippen molar-refractivity contribution in [3.8, 4) is 0 Å². The summed E-state index contributed by atoms with van der Waals surface area (Å²) in [5.74, 6) is 0.882. The van der Waals surface area contributed by atoms with Gasteiger partial charge in [0.2, 0.25) is 11.0 Å². The molecule has 0 fully saturated rings. The molecule has 1 amide bonds. The van der Waals surface area contributed by atoms with Crippen LogP contribution in [-0.4, -0.2) is 25.7 Å². The Labute approximate surface area is 145 Å². The maximum atomic E-state index is 12.0. The van der Waals surface area contributed by atoms with E-state index in [-0.39, 0.29) is 17.4 Å². The fourth-order valence-corrected chi connectivity index (χ4v) is 3.50. The minimum Gasteiger partial charge on any atom is -0.375 e. The summed E-state index contributed by atoms with van der Waals surface area (Å²) in [6.07, 6.45) is 0. The quantitative estimate of drug-likeness (QED) is 0.547. The van der Waals surface area contributed by atoms with Gasteiger partial charge in [-0.05, 0) is 6.92 Å². The summed E-state index contributed by atoms with van der Waals surface area (Å²) in [5, 5.41) is 11.1. The maximum Gasteiger partial charge on any atom is 0.287 e. The van der Waals surface area contributed by atoms with Crippen LogP contribution < -0.4 is 10.9 Å². The molecule has 0 aliphatic carbocycles. The van der Waals surface area contributed by atoms with Crippen LogP contribution in [0.1, 0.15) is 25.3 Å². The fraction of sp³-hybridized carbons (Fsp3) is 0.357. The van der Waals surface area contributed by atoms with Gasteiger partial charge < -0.3 is 9.84 Å². The first kappa shape index (κ1) is 16.7. The molecule has 0 saturated heterocycles. The van der Waals surface area contributed by atoms with Gasteiger partial charge in [0.15, 0.2) is 9.99 Å². The molecule has 0 saturated carbocycles. The number of fused-ring (bicyclic) bond motifs is 1. The van der Waals surface area contributed by atoms with Gasteiger partial charge in [-0.15, -0.1) is 14.8 Å². The number of nitrogens with one attached hydrogen (secondary N) is 1. The van der Waals surface area contributed by atoms with E-state index in [1.165, 1.54) is 29.2 Å². The molecule has 0 bridgehead atoms. The Morgan fingerprint density at radius 2 is 2.21 bits per heavy atom. The van der Waals surface area contributed by atoms with E-state index >= 15 is 0 Å². The van der Waals surface area contributed by atoms with Crippen LogP contribution >= 0.6 is 23.1 Å². The van der Waals surface area contributed by atoms with E-state index in [4.69, 9.17) is 4.52 Å². The molecule has 0 atom stereocenters. The monoisotopic (exact) mass is 365 g/mol. The summed E-state index contributed by atoms with van der Waals surface area (Å²) >= 11 is 2.70. The molecule has 0 radical (unpaired) electrons. The summed E-state index contributed by atoms with van der Waals surface area (Å²) in [7, 11) is 0.